The van der Waals surface area contributed by atoms with Crippen LogP contribution in [0.1, 0.15) is 5.76 Å². The molecular formula is C10H12BrN3O. The SMILES string of the molecule is Brc1ccc(CNCCn2ccnc2)o1. The van der Waals surface area contributed by atoms with Crippen molar-refractivity contribution < 1.29 is 4.42 Å². The minimum atomic E-state index is 0.750. The predicted molar refractivity (Wildman–Crippen MR) is 60.3 cm³/mol. The van der Waals surface area contributed by atoms with Crippen LogP contribution >= 0.6 is 15.9 Å². The zero-order chi connectivity index (χ0) is 10.5. The molecule has 15 heavy (non-hydrogen) atoms. The summed E-state index contributed by atoms with van der Waals surface area (Å²) in [5, 5.41) is 3.29. The number of furan rings is 1. The molecule has 2 aromatic rings. The van der Waals surface area contributed by atoms with Gasteiger partial charge in [-0.25, -0.2) is 4.98 Å². The summed E-state index contributed by atoms with van der Waals surface area (Å²) in [6, 6.07) is 3.85. The molecule has 0 unspecified atom stereocenters. The molecule has 2 heterocycles. The van der Waals surface area contributed by atoms with Crippen LogP contribution in [0.2, 0.25) is 0 Å². The fourth-order valence-corrected chi connectivity index (χ4v) is 1.63. The van der Waals surface area contributed by atoms with Gasteiger partial charge in [0.1, 0.15) is 5.76 Å². The molecule has 0 aliphatic rings. The highest BCUT2D eigenvalue weighted by Gasteiger charge is 1.98. The summed E-state index contributed by atoms with van der Waals surface area (Å²) >= 11 is 3.27. The van der Waals surface area contributed by atoms with Crippen molar-refractivity contribution in [2.24, 2.45) is 0 Å². The number of imidazole rings is 1. The van der Waals surface area contributed by atoms with Gasteiger partial charge in [-0.3, -0.25) is 0 Å². The smallest absolute Gasteiger partial charge is 0.169 e. The van der Waals surface area contributed by atoms with Gasteiger partial charge in [0.05, 0.1) is 12.9 Å². The van der Waals surface area contributed by atoms with Crippen LogP contribution in [0.5, 0.6) is 0 Å². The lowest BCUT2D eigenvalue weighted by molar-refractivity contribution is 0.460. The first-order chi connectivity index (χ1) is 7.34. The van der Waals surface area contributed by atoms with Crippen LogP contribution in [0, 0.1) is 0 Å². The Balaban J connectivity index is 1.67. The Bertz CT molecular complexity index is 396. The lowest BCUT2D eigenvalue weighted by Crippen LogP contribution is -2.18. The molecule has 0 bridgehead atoms. The summed E-state index contributed by atoms with van der Waals surface area (Å²) < 4.78 is 8.16. The summed E-state index contributed by atoms with van der Waals surface area (Å²) in [4.78, 5) is 3.97. The third-order valence-electron chi connectivity index (χ3n) is 2.03. The van der Waals surface area contributed by atoms with E-state index in [9.17, 15) is 0 Å². The van der Waals surface area contributed by atoms with Gasteiger partial charge in [0.2, 0.25) is 0 Å². The molecule has 80 valence electrons. The Hall–Kier alpha value is -1.07. The van der Waals surface area contributed by atoms with E-state index in [-0.39, 0.29) is 0 Å². The van der Waals surface area contributed by atoms with E-state index in [1.807, 2.05) is 29.2 Å². The first-order valence-corrected chi connectivity index (χ1v) is 5.54. The van der Waals surface area contributed by atoms with Crippen LogP contribution in [-0.4, -0.2) is 16.1 Å². The Morgan fingerprint density at radius 2 is 2.40 bits per heavy atom. The highest BCUT2D eigenvalue weighted by atomic mass is 79.9. The third kappa shape index (κ3) is 3.21. The van der Waals surface area contributed by atoms with Gasteiger partial charge in [-0.15, -0.1) is 0 Å². The number of nitrogens with one attached hydrogen (secondary N) is 1. The van der Waals surface area contributed by atoms with Crippen LogP contribution in [-0.2, 0) is 13.1 Å². The summed E-state index contributed by atoms with van der Waals surface area (Å²) in [6.45, 7) is 2.57. The molecule has 1 N–H and O–H groups in total. The first-order valence-electron chi connectivity index (χ1n) is 4.75. The summed E-state index contributed by atoms with van der Waals surface area (Å²) in [5.74, 6) is 0.938. The normalized spacial score (nSPS) is 10.7. The number of hydrogen-bond acceptors (Lipinski definition) is 3. The Kier molecular flexibility index (Phi) is 3.58. The van der Waals surface area contributed by atoms with Crippen molar-refractivity contribution in [2.45, 2.75) is 13.1 Å². The van der Waals surface area contributed by atoms with E-state index in [1.165, 1.54) is 0 Å². The van der Waals surface area contributed by atoms with E-state index in [4.69, 9.17) is 4.42 Å². The monoisotopic (exact) mass is 269 g/mol. The molecule has 0 radical (unpaired) electrons. The van der Waals surface area contributed by atoms with Gasteiger partial charge in [0.25, 0.3) is 0 Å². The Labute approximate surface area is 96.4 Å². The van der Waals surface area contributed by atoms with Crippen molar-refractivity contribution in [3.05, 3.63) is 41.3 Å². The van der Waals surface area contributed by atoms with Crippen LogP contribution in [0.3, 0.4) is 0 Å². The van der Waals surface area contributed by atoms with Gasteiger partial charge in [-0.05, 0) is 28.1 Å². The van der Waals surface area contributed by atoms with Gasteiger partial charge in [0, 0.05) is 25.5 Å². The largest absolute Gasteiger partial charge is 0.453 e. The number of hydrogen-bond donors (Lipinski definition) is 1. The van der Waals surface area contributed by atoms with Crippen molar-refractivity contribution in [2.75, 3.05) is 6.54 Å². The molecule has 2 rings (SSSR count). The van der Waals surface area contributed by atoms with Crippen molar-refractivity contribution in [1.82, 2.24) is 14.9 Å². The maximum atomic E-state index is 5.36. The summed E-state index contributed by atoms with van der Waals surface area (Å²) in [5.41, 5.74) is 0. The van der Waals surface area contributed by atoms with Crippen molar-refractivity contribution in [3.63, 3.8) is 0 Å². The lowest BCUT2D eigenvalue weighted by atomic mass is 10.4. The summed E-state index contributed by atoms with van der Waals surface area (Å²) in [6.07, 6.45) is 5.54. The van der Waals surface area contributed by atoms with Gasteiger partial charge < -0.3 is 14.3 Å². The molecule has 4 nitrogen and oxygen atoms in total. The third-order valence-corrected chi connectivity index (χ3v) is 2.46. The Morgan fingerprint density at radius 3 is 3.07 bits per heavy atom. The first kappa shape index (κ1) is 10.4. The highest BCUT2D eigenvalue weighted by molar-refractivity contribution is 9.10. The molecule has 0 fully saturated rings. The molecule has 5 heteroatoms. The molecule has 0 aliphatic heterocycles. The second-order valence-electron chi connectivity index (χ2n) is 3.18. The average molecular weight is 270 g/mol. The van der Waals surface area contributed by atoms with Crippen molar-refractivity contribution in [1.29, 1.82) is 0 Å². The van der Waals surface area contributed by atoms with Gasteiger partial charge in [-0.1, -0.05) is 0 Å². The standard InChI is InChI=1S/C10H12BrN3O/c11-10-2-1-9(15-10)7-12-3-5-14-6-4-13-8-14/h1-2,4,6,8,12H,3,5,7H2. The van der Waals surface area contributed by atoms with Crippen LogP contribution in [0.4, 0.5) is 0 Å². The van der Waals surface area contributed by atoms with Crippen molar-refractivity contribution >= 4 is 15.9 Å². The van der Waals surface area contributed by atoms with E-state index in [1.54, 1.807) is 6.20 Å². The molecule has 2 aromatic heterocycles. The minimum Gasteiger partial charge on any atom is -0.453 e. The fraction of sp³-hybridized carbons (Fsp3) is 0.300. The van der Waals surface area contributed by atoms with E-state index in [0.717, 1.165) is 30.1 Å². The quantitative estimate of drug-likeness (QED) is 0.845. The molecule has 0 aliphatic carbocycles. The zero-order valence-electron chi connectivity index (χ0n) is 8.19. The number of aromatic nitrogens is 2. The van der Waals surface area contributed by atoms with Gasteiger partial charge >= 0.3 is 0 Å². The Morgan fingerprint density at radius 1 is 1.47 bits per heavy atom. The van der Waals surface area contributed by atoms with Crippen molar-refractivity contribution in [3.8, 4) is 0 Å². The van der Waals surface area contributed by atoms with E-state index in [2.05, 4.69) is 26.2 Å². The molecule has 0 amide bonds. The maximum Gasteiger partial charge on any atom is 0.169 e. The molecule has 0 saturated heterocycles. The predicted octanol–water partition coefficient (Wildman–Crippen LogP) is 2.03. The second kappa shape index (κ2) is 5.14. The van der Waals surface area contributed by atoms with E-state index < -0.39 is 0 Å². The molecule has 0 saturated carbocycles. The zero-order valence-corrected chi connectivity index (χ0v) is 9.77. The summed E-state index contributed by atoms with van der Waals surface area (Å²) in [7, 11) is 0. The molecule has 0 atom stereocenters. The van der Waals surface area contributed by atoms with Crippen LogP contribution in [0.15, 0.2) is 39.9 Å². The van der Waals surface area contributed by atoms with Gasteiger partial charge in [0.15, 0.2) is 4.67 Å². The molecule has 0 aromatic carbocycles. The molecule has 0 spiro atoms. The van der Waals surface area contributed by atoms with Crippen LogP contribution < -0.4 is 5.32 Å². The lowest BCUT2D eigenvalue weighted by Gasteiger charge is -2.03. The van der Waals surface area contributed by atoms with Gasteiger partial charge in [-0.2, -0.15) is 0 Å². The topological polar surface area (TPSA) is 43.0 Å². The highest BCUT2D eigenvalue weighted by Crippen LogP contribution is 2.13. The number of rotatable bonds is 5. The maximum absolute atomic E-state index is 5.36. The van der Waals surface area contributed by atoms with E-state index >= 15 is 0 Å². The minimum absolute atomic E-state index is 0.750. The average Bonchev–Trinajstić information content (AvgIpc) is 2.84. The number of nitrogens with zero attached hydrogens (tertiary/aromatic N) is 2. The van der Waals surface area contributed by atoms with E-state index in [0.29, 0.717) is 0 Å². The second-order valence-corrected chi connectivity index (χ2v) is 3.96. The molecular weight excluding hydrogens is 258 g/mol. The van der Waals surface area contributed by atoms with Crippen LogP contribution in [0.25, 0.3) is 0 Å². The number of halogens is 1. The fourth-order valence-electron chi connectivity index (χ4n) is 1.29.